The van der Waals surface area contributed by atoms with Crippen molar-refractivity contribution in [2.24, 2.45) is 0 Å². The molecule has 5 rings (SSSR count). The third-order valence-corrected chi connectivity index (χ3v) is 6.16. The van der Waals surface area contributed by atoms with E-state index in [1.54, 1.807) is 12.1 Å². The number of aryl methyl sites for hydroxylation is 1. The first-order valence-corrected chi connectivity index (χ1v) is 11.1. The quantitative estimate of drug-likeness (QED) is 0.401. The Labute approximate surface area is 185 Å². The zero-order valence-electron chi connectivity index (χ0n) is 17.4. The van der Waals surface area contributed by atoms with E-state index in [-0.39, 0.29) is 5.43 Å². The fraction of sp³-hybridized carbons (Fsp3) is 0.280. The van der Waals surface area contributed by atoms with Crippen molar-refractivity contribution in [3.8, 4) is 22.5 Å². The molecule has 1 N–H and O–H groups in total. The van der Waals surface area contributed by atoms with E-state index in [9.17, 15) is 4.79 Å². The van der Waals surface area contributed by atoms with Gasteiger partial charge in [-0.05, 0) is 37.8 Å². The number of pyridine rings is 2. The lowest BCUT2D eigenvalue weighted by Gasteiger charge is -2.21. The van der Waals surface area contributed by atoms with Crippen molar-refractivity contribution in [3.05, 3.63) is 75.3 Å². The average molecular weight is 431 g/mol. The lowest BCUT2D eigenvalue weighted by molar-refractivity contribution is 0.437. The number of halogens is 1. The van der Waals surface area contributed by atoms with Gasteiger partial charge in [0.25, 0.3) is 0 Å². The molecule has 0 atom stereocenters. The van der Waals surface area contributed by atoms with Crippen molar-refractivity contribution in [2.45, 2.75) is 44.9 Å². The Morgan fingerprint density at radius 2 is 1.65 bits per heavy atom. The summed E-state index contributed by atoms with van der Waals surface area (Å²) in [6, 6.07) is 15.3. The third kappa shape index (κ3) is 3.98. The minimum absolute atomic E-state index is 0.0976. The second-order valence-corrected chi connectivity index (χ2v) is 8.62. The predicted molar refractivity (Wildman–Crippen MR) is 124 cm³/mol. The smallest absolute Gasteiger partial charge is 0.209 e. The number of fused-ring (bicyclic) bond motifs is 1. The largest absolute Gasteiger partial charge is 0.341 e. The third-order valence-electron chi connectivity index (χ3n) is 5.97. The first-order chi connectivity index (χ1) is 15.1. The summed E-state index contributed by atoms with van der Waals surface area (Å²) in [5.41, 5.74) is 5.61. The molecular weight excluding hydrogens is 408 g/mol. The average Bonchev–Trinajstić information content (AvgIpc) is 2.79. The molecule has 31 heavy (non-hydrogen) atoms. The molecular formula is C25H23ClN4O. The maximum Gasteiger partial charge on any atom is 0.209 e. The Morgan fingerprint density at radius 1 is 0.903 bits per heavy atom. The van der Waals surface area contributed by atoms with E-state index >= 15 is 0 Å². The van der Waals surface area contributed by atoms with E-state index in [4.69, 9.17) is 21.6 Å². The van der Waals surface area contributed by atoms with Gasteiger partial charge in [0.15, 0.2) is 11.2 Å². The van der Waals surface area contributed by atoms with E-state index in [1.807, 2.05) is 43.3 Å². The van der Waals surface area contributed by atoms with Crippen LogP contribution in [0.25, 0.3) is 33.7 Å². The minimum Gasteiger partial charge on any atom is -0.341 e. The van der Waals surface area contributed by atoms with E-state index in [1.165, 1.54) is 19.3 Å². The van der Waals surface area contributed by atoms with Crippen LogP contribution in [0.1, 0.15) is 49.4 Å². The molecule has 1 aliphatic carbocycles. The number of rotatable bonds is 3. The summed E-state index contributed by atoms with van der Waals surface area (Å²) in [5.74, 6) is 0.383. The van der Waals surface area contributed by atoms with Crippen LogP contribution in [-0.4, -0.2) is 19.9 Å². The molecule has 1 aliphatic rings. The highest BCUT2D eigenvalue weighted by molar-refractivity contribution is 6.29. The van der Waals surface area contributed by atoms with Crippen LogP contribution in [0, 0.1) is 6.92 Å². The standard InChI is InChI=1S/C25H23ClN4O/c1-15-12-18(13-21(26)27-15)23-22(17-10-6-3-7-11-17)30-25-24(29-23)20(31)14-19(28-25)16-8-4-2-5-9-16/h3,6-7,10-14,16H,2,4-5,8-9H2,1H3,(H,28,30,31). The Kier molecular flexibility index (Phi) is 5.28. The number of hydrogen-bond donors (Lipinski definition) is 1. The fourth-order valence-corrected chi connectivity index (χ4v) is 4.72. The van der Waals surface area contributed by atoms with Crippen molar-refractivity contribution in [1.29, 1.82) is 0 Å². The Morgan fingerprint density at radius 3 is 2.39 bits per heavy atom. The van der Waals surface area contributed by atoms with Gasteiger partial charge in [-0.2, -0.15) is 0 Å². The van der Waals surface area contributed by atoms with Gasteiger partial charge in [-0.3, -0.25) is 4.79 Å². The number of nitrogens with zero attached hydrogens (tertiary/aromatic N) is 3. The lowest BCUT2D eigenvalue weighted by Crippen LogP contribution is -2.14. The van der Waals surface area contributed by atoms with Crippen molar-refractivity contribution < 1.29 is 0 Å². The van der Waals surface area contributed by atoms with Gasteiger partial charge in [0.05, 0.1) is 11.4 Å². The molecule has 156 valence electrons. The second kappa shape index (κ2) is 8.23. The summed E-state index contributed by atoms with van der Waals surface area (Å²) in [5, 5.41) is 0.387. The van der Waals surface area contributed by atoms with Gasteiger partial charge in [0.1, 0.15) is 5.15 Å². The molecule has 3 heterocycles. The zero-order chi connectivity index (χ0) is 21.4. The highest BCUT2D eigenvalue weighted by atomic mass is 35.5. The van der Waals surface area contributed by atoms with E-state index in [0.29, 0.717) is 33.6 Å². The van der Waals surface area contributed by atoms with Crippen LogP contribution < -0.4 is 5.43 Å². The number of H-pyrrole nitrogens is 1. The molecule has 1 aromatic carbocycles. The SMILES string of the molecule is Cc1cc(-c2nc3c(=O)cc(C4CCCCC4)[nH]c3nc2-c2ccccc2)cc(Cl)n1. The highest BCUT2D eigenvalue weighted by Gasteiger charge is 2.20. The summed E-state index contributed by atoms with van der Waals surface area (Å²) in [6.07, 6.45) is 5.88. The molecule has 0 amide bonds. The summed E-state index contributed by atoms with van der Waals surface area (Å²) >= 11 is 6.23. The van der Waals surface area contributed by atoms with Crippen LogP contribution in [-0.2, 0) is 0 Å². The summed E-state index contributed by atoms with van der Waals surface area (Å²) in [4.78, 5) is 30.5. The Hall–Kier alpha value is -3.05. The van der Waals surface area contributed by atoms with Crippen LogP contribution in [0.2, 0.25) is 5.15 Å². The molecule has 0 bridgehead atoms. The maximum absolute atomic E-state index is 13.0. The van der Waals surface area contributed by atoms with Crippen LogP contribution in [0.3, 0.4) is 0 Å². The maximum atomic E-state index is 13.0. The van der Waals surface area contributed by atoms with Gasteiger partial charge in [-0.1, -0.05) is 61.2 Å². The topological polar surface area (TPSA) is 71.5 Å². The molecule has 0 saturated heterocycles. The van der Waals surface area contributed by atoms with Crippen molar-refractivity contribution in [1.82, 2.24) is 19.9 Å². The molecule has 0 radical (unpaired) electrons. The summed E-state index contributed by atoms with van der Waals surface area (Å²) in [7, 11) is 0. The molecule has 1 saturated carbocycles. The molecule has 5 nitrogen and oxygen atoms in total. The fourth-order valence-electron chi connectivity index (χ4n) is 4.47. The highest BCUT2D eigenvalue weighted by Crippen LogP contribution is 2.34. The summed E-state index contributed by atoms with van der Waals surface area (Å²) in [6.45, 7) is 1.88. The molecule has 3 aromatic heterocycles. The monoisotopic (exact) mass is 430 g/mol. The number of nitrogens with one attached hydrogen (secondary N) is 1. The summed E-state index contributed by atoms with van der Waals surface area (Å²) < 4.78 is 0. The molecule has 1 fully saturated rings. The molecule has 0 spiro atoms. The molecule has 4 aromatic rings. The molecule has 6 heteroatoms. The number of aromatic amines is 1. The van der Waals surface area contributed by atoms with Gasteiger partial charge in [-0.25, -0.2) is 15.0 Å². The van der Waals surface area contributed by atoms with Gasteiger partial charge in [0.2, 0.25) is 5.43 Å². The minimum atomic E-state index is -0.0976. The van der Waals surface area contributed by atoms with E-state index in [0.717, 1.165) is 35.4 Å². The van der Waals surface area contributed by atoms with Crippen molar-refractivity contribution in [3.63, 3.8) is 0 Å². The zero-order valence-corrected chi connectivity index (χ0v) is 18.1. The van der Waals surface area contributed by atoms with Gasteiger partial charge >= 0.3 is 0 Å². The number of hydrogen-bond acceptors (Lipinski definition) is 4. The molecule has 0 aliphatic heterocycles. The second-order valence-electron chi connectivity index (χ2n) is 8.23. The first-order valence-electron chi connectivity index (χ1n) is 10.7. The van der Waals surface area contributed by atoms with Crippen LogP contribution in [0.4, 0.5) is 0 Å². The lowest BCUT2D eigenvalue weighted by atomic mass is 9.86. The predicted octanol–water partition coefficient (Wildman–Crippen LogP) is 6.06. The van der Waals surface area contributed by atoms with Gasteiger partial charge in [-0.15, -0.1) is 0 Å². The van der Waals surface area contributed by atoms with Crippen LogP contribution in [0.5, 0.6) is 0 Å². The van der Waals surface area contributed by atoms with E-state index < -0.39 is 0 Å². The van der Waals surface area contributed by atoms with E-state index in [2.05, 4.69) is 9.97 Å². The first kappa shape index (κ1) is 19.9. The van der Waals surface area contributed by atoms with Crippen molar-refractivity contribution in [2.75, 3.05) is 0 Å². The van der Waals surface area contributed by atoms with Crippen LogP contribution >= 0.6 is 11.6 Å². The molecule has 0 unspecified atom stereocenters. The number of aromatic nitrogens is 4. The van der Waals surface area contributed by atoms with Crippen molar-refractivity contribution >= 4 is 22.8 Å². The number of benzene rings is 1. The Balaban J connectivity index is 1.75. The normalized spacial score (nSPS) is 14.8. The van der Waals surface area contributed by atoms with Crippen LogP contribution in [0.15, 0.2) is 53.3 Å². The van der Waals surface area contributed by atoms with Gasteiger partial charge in [0, 0.05) is 28.6 Å². The Bertz CT molecular complexity index is 1290. The van der Waals surface area contributed by atoms with Gasteiger partial charge < -0.3 is 4.98 Å².